The molecule has 0 bridgehead atoms. The van der Waals surface area contributed by atoms with Crippen molar-refractivity contribution in [3.63, 3.8) is 0 Å². The maximum Gasteiger partial charge on any atom is 0.288 e. The highest BCUT2D eigenvalue weighted by molar-refractivity contribution is 9.11. The van der Waals surface area contributed by atoms with E-state index >= 15 is 0 Å². The zero-order chi connectivity index (χ0) is 15.4. The molecule has 0 aliphatic heterocycles. The van der Waals surface area contributed by atoms with Gasteiger partial charge in [0.15, 0.2) is 0 Å². The summed E-state index contributed by atoms with van der Waals surface area (Å²) in [6.45, 7) is 0.554. The number of hydrogen-bond donors (Lipinski definition) is 2. The molecule has 21 heavy (non-hydrogen) atoms. The molecule has 0 amide bonds. The molecular formula is C14H11Br2F2NOS. The van der Waals surface area contributed by atoms with E-state index in [9.17, 15) is 13.9 Å². The number of rotatable bonds is 5. The number of benzene rings is 2. The van der Waals surface area contributed by atoms with Crippen LogP contribution in [0.2, 0.25) is 0 Å². The van der Waals surface area contributed by atoms with Crippen molar-refractivity contribution in [2.75, 3.05) is 5.32 Å². The van der Waals surface area contributed by atoms with Crippen LogP contribution in [-0.4, -0.2) is 10.9 Å². The van der Waals surface area contributed by atoms with Gasteiger partial charge in [0.25, 0.3) is 5.76 Å². The van der Waals surface area contributed by atoms with E-state index in [2.05, 4.69) is 37.2 Å². The molecule has 2 N–H and O–H groups in total. The van der Waals surface area contributed by atoms with Gasteiger partial charge in [-0.15, -0.1) is 0 Å². The summed E-state index contributed by atoms with van der Waals surface area (Å²) in [4.78, 5) is 0.533. The van der Waals surface area contributed by atoms with Crippen molar-refractivity contribution in [1.82, 2.24) is 0 Å². The van der Waals surface area contributed by atoms with Gasteiger partial charge in [-0.25, -0.2) is 0 Å². The number of aromatic hydroxyl groups is 1. The number of alkyl halides is 2. The van der Waals surface area contributed by atoms with Crippen LogP contribution in [0.4, 0.5) is 14.5 Å². The molecule has 0 spiro atoms. The predicted octanol–water partition coefficient (Wildman–Crippen LogP) is 5.84. The Balaban J connectivity index is 2.00. The van der Waals surface area contributed by atoms with Crippen LogP contribution in [0, 0.1) is 0 Å². The summed E-state index contributed by atoms with van der Waals surface area (Å²) >= 11 is 7.07. The molecule has 0 saturated heterocycles. The Morgan fingerprint density at radius 3 is 2.19 bits per heavy atom. The average molecular weight is 439 g/mol. The zero-order valence-electron chi connectivity index (χ0n) is 10.6. The topological polar surface area (TPSA) is 32.3 Å². The molecule has 0 atom stereocenters. The standard InChI is InChI=1S/C14H11Br2F2NOS/c15-11-5-8(6-12(16)13(11)20)7-19-9-1-3-10(4-2-9)21-14(17)18/h1-6,14,19-20H,7H2. The van der Waals surface area contributed by atoms with Crippen molar-refractivity contribution in [2.24, 2.45) is 0 Å². The summed E-state index contributed by atoms with van der Waals surface area (Å²) in [6.07, 6.45) is 0. The summed E-state index contributed by atoms with van der Waals surface area (Å²) < 4.78 is 25.7. The molecule has 0 saturated carbocycles. The molecular weight excluding hydrogens is 428 g/mol. The van der Waals surface area contributed by atoms with E-state index in [0.29, 0.717) is 32.1 Å². The number of nitrogens with one attached hydrogen (secondary N) is 1. The molecule has 0 fully saturated rings. The first-order chi connectivity index (χ1) is 9.95. The van der Waals surface area contributed by atoms with Crippen molar-refractivity contribution >= 4 is 49.3 Å². The van der Waals surface area contributed by atoms with Crippen molar-refractivity contribution in [3.8, 4) is 5.75 Å². The van der Waals surface area contributed by atoms with Crippen LogP contribution in [-0.2, 0) is 6.54 Å². The number of phenols is 1. The molecule has 0 aliphatic carbocycles. The molecule has 2 aromatic carbocycles. The van der Waals surface area contributed by atoms with E-state index in [1.165, 1.54) is 0 Å². The average Bonchev–Trinajstić information content (AvgIpc) is 2.43. The Bertz CT molecular complexity index is 600. The molecule has 0 aliphatic rings. The molecule has 112 valence electrons. The second-order valence-corrected chi connectivity index (χ2v) is 6.94. The Labute approximate surface area is 142 Å². The van der Waals surface area contributed by atoms with E-state index < -0.39 is 5.76 Å². The molecule has 0 aromatic heterocycles. The third-order valence-corrected chi connectivity index (χ3v) is 4.58. The number of thioether (sulfide) groups is 1. The maximum absolute atomic E-state index is 12.2. The fourth-order valence-electron chi connectivity index (χ4n) is 1.68. The monoisotopic (exact) mass is 437 g/mol. The van der Waals surface area contributed by atoms with E-state index in [1.807, 2.05) is 12.1 Å². The van der Waals surface area contributed by atoms with Crippen LogP contribution >= 0.6 is 43.6 Å². The lowest BCUT2D eigenvalue weighted by molar-refractivity contribution is 0.252. The largest absolute Gasteiger partial charge is 0.506 e. The maximum atomic E-state index is 12.2. The van der Waals surface area contributed by atoms with Gasteiger partial charge in [-0.05, 0) is 73.8 Å². The molecule has 0 radical (unpaired) electrons. The molecule has 2 nitrogen and oxygen atoms in total. The van der Waals surface area contributed by atoms with Crippen molar-refractivity contribution in [3.05, 3.63) is 50.9 Å². The van der Waals surface area contributed by atoms with E-state index in [-0.39, 0.29) is 5.75 Å². The first-order valence-corrected chi connectivity index (χ1v) is 8.38. The first-order valence-electron chi connectivity index (χ1n) is 5.91. The van der Waals surface area contributed by atoms with E-state index in [4.69, 9.17) is 0 Å². The number of anilines is 1. The third-order valence-electron chi connectivity index (χ3n) is 2.65. The summed E-state index contributed by atoms with van der Waals surface area (Å²) in [5, 5.41) is 12.8. The number of hydrogen-bond acceptors (Lipinski definition) is 3. The SMILES string of the molecule is Oc1c(Br)cc(CNc2ccc(SC(F)F)cc2)cc1Br. The summed E-state index contributed by atoms with van der Waals surface area (Å²) in [5.74, 6) is -2.25. The molecule has 0 unspecified atom stereocenters. The van der Waals surface area contributed by atoms with Crippen molar-refractivity contribution in [2.45, 2.75) is 17.2 Å². The van der Waals surface area contributed by atoms with Gasteiger partial charge >= 0.3 is 0 Å². The van der Waals surface area contributed by atoms with Gasteiger partial charge in [-0.2, -0.15) is 8.78 Å². The minimum absolute atomic E-state index is 0.159. The molecule has 0 heterocycles. The molecule has 2 rings (SSSR count). The lowest BCUT2D eigenvalue weighted by Gasteiger charge is -2.09. The van der Waals surface area contributed by atoms with Crippen LogP contribution in [0.1, 0.15) is 5.56 Å². The zero-order valence-corrected chi connectivity index (χ0v) is 14.6. The summed E-state index contributed by atoms with van der Waals surface area (Å²) in [6, 6.07) is 10.5. The Hall–Kier alpha value is -0.790. The molecule has 7 heteroatoms. The Morgan fingerprint density at radius 1 is 1.10 bits per heavy atom. The van der Waals surface area contributed by atoms with Gasteiger partial charge in [0.05, 0.1) is 8.95 Å². The Morgan fingerprint density at radius 2 is 1.67 bits per heavy atom. The highest BCUT2D eigenvalue weighted by Crippen LogP contribution is 2.33. The van der Waals surface area contributed by atoms with E-state index in [0.717, 1.165) is 11.3 Å². The van der Waals surface area contributed by atoms with Crippen molar-refractivity contribution in [1.29, 1.82) is 0 Å². The van der Waals surface area contributed by atoms with E-state index in [1.54, 1.807) is 24.3 Å². The second kappa shape index (κ2) is 7.47. The smallest absolute Gasteiger partial charge is 0.288 e. The van der Waals surface area contributed by atoms with Crippen LogP contribution in [0.5, 0.6) is 5.75 Å². The quantitative estimate of drug-likeness (QED) is 0.574. The fraction of sp³-hybridized carbons (Fsp3) is 0.143. The lowest BCUT2D eigenvalue weighted by Crippen LogP contribution is -1.99. The summed E-state index contributed by atoms with van der Waals surface area (Å²) in [7, 11) is 0. The summed E-state index contributed by atoms with van der Waals surface area (Å²) in [5.41, 5.74) is 1.81. The van der Waals surface area contributed by atoms with Crippen LogP contribution < -0.4 is 5.32 Å². The predicted molar refractivity (Wildman–Crippen MR) is 89.1 cm³/mol. The van der Waals surface area contributed by atoms with Gasteiger partial charge in [0, 0.05) is 17.1 Å². The molecule has 2 aromatic rings. The van der Waals surface area contributed by atoms with Gasteiger partial charge < -0.3 is 10.4 Å². The minimum Gasteiger partial charge on any atom is -0.506 e. The van der Waals surface area contributed by atoms with Gasteiger partial charge in [0.1, 0.15) is 5.75 Å². The van der Waals surface area contributed by atoms with Gasteiger partial charge in [-0.1, -0.05) is 11.8 Å². The highest BCUT2D eigenvalue weighted by atomic mass is 79.9. The van der Waals surface area contributed by atoms with Crippen LogP contribution in [0.15, 0.2) is 50.2 Å². The van der Waals surface area contributed by atoms with Crippen LogP contribution in [0.25, 0.3) is 0 Å². The Kier molecular flexibility index (Phi) is 5.89. The first kappa shape index (κ1) is 16.6. The van der Waals surface area contributed by atoms with Crippen LogP contribution in [0.3, 0.4) is 0 Å². The second-order valence-electron chi connectivity index (χ2n) is 4.16. The fourth-order valence-corrected chi connectivity index (χ4v) is 3.46. The number of halogens is 4. The van der Waals surface area contributed by atoms with Crippen molar-refractivity contribution < 1.29 is 13.9 Å². The minimum atomic E-state index is -2.41. The van der Waals surface area contributed by atoms with Gasteiger partial charge in [-0.3, -0.25) is 0 Å². The third kappa shape index (κ3) is 4.86. The number of phenolic OH excluding ortho intramolecular Hbond substituents is 1. The lowest BCUT2D eigenvalue weighted by atomic mass is 10.2. The highest BCUT2D eigenvalue weighted by Gasteiger charge is 2.07. The van der Waals surface area contributed by atoms with Gasteiger partial charge in [0.2, 0.25) is 0 Å². The normalized spacial score (nSPS) is 10.9.